The van der Waals surface area contributed by atoms with Crippen molar-refractivity contribution in [1.82, 2.24) is 24.5 Å². The van der Waals surface area contributed by atoms with E-state index in [0.29, 0.717) is 0 Å². The van der Waals surface area contributed by atoms with Gasteiger partial charge in [-0.3, -0.25) is 0 Å². The topological polar surface area (TPSA) is 86.9 Å². The minimum atomic E-state index is 0.750. The van der Waals surface area contributed by atoms with Gasteiger partial charge in [0.05, 0.1) is 23.2 Å². The van der Waals surface area contributed by atoms with Crippen LogP contribution in [0.2, 0.25) is 0 Å². The summed E-state index contributed by atoms with van der Waals surface area (Å²) in [5.41, 5.74) is 2.55. The number of nitrogens with two attached hydrogens (primary N) is 1. The first-order valence-electron chi connectivity index (χ1n) is 6.04. The van der Waals surface area contributed by atoms with Crippen molar-refractivity contribution in [1.29, 1.82) is 0 Å². The maximum absolute atomic E-state index is 5.29. The fraction of sp³-hybridized carbons (Fsp3) is 0.0769. The van der Waals surface area contributed by atoms with Gasteiger partial charge in [0.2, 0.25) is 0 Å². The van der Waals surface area contributed by atoms with Gasteiger partial charge in [-0.05, 0) is 19.1 Å². The van der Waals surface area contributed by atoms with E-state index in [2.05, 4.69) is 20.3 Å². The van der Waals surface area contributed by atoms with Crippen LogP contribution >= 0.6 is 0 Å². The Morgan fingerprint density at radius 2 is 2.05 bits per heavy atom. The van der Waals surface area contributed by atoms with Crippen molar-refractivity contribution in [2.45, 2.75) is 6.92 Å². The van der Waals surface area contributed by atoms with E-state index in [1.54, 1.807) is 21.9 Å². The van der Waals surface area contributed by atoms with Gasteiger partial charge in [0, 0.05) is 0 Å². The second-order valence-electron chi connectivity index (χ2n) is 4.19. The Balaban J connectivity index is 2.28. The lowest BCUT2D eigenvalue weighted by atomic mass is 10.2. The Hall–Kier alpha value is -2.96. The van der Waals surface area contributed by atoms with E-state index in [9.17, 15) is 0 Å². The highest BCUT2D eigenvalue weighted by Crippen LogP contribution is 2.20. The third-order valence-electron chi connectivity index (χ3n) is 2.92. The normalized spacial score (nSPS) is 11.2. The first kappa shape index (κ1) is 12.1. The van der Waals surface area contributed by atoms with E-state index in [0.717, 1.165) is 22.8 Å². The molecule has 0 atom stereocenters. The van der Waals surface area contributed by atoms with Gasteiger partial charge in [-0.25, -0.2) is 14.3 Å². The standard InChI is InChI=1S/C13H13N7/c1-10-12(7-16-14)13(19-9-15-8-17-19)20(18-10)11-5-3-2-4-6-11/h2-9H,14H2,1H3. The van der Waals surface area contributed by atoms with E-state index in [1.807, 2.05) is 37.3 Å². The predicted octanol–water partition coefficient (Wildman–Crippen LogP) is 1.05. The van der Waals surface area contributed by atoms with Gasteiger partial charge < -0.3 is 5.84 Å². The molecule has 0 saturated carbocycles. The van der Waals surface area contributed by atoms with Crippen LogP contribution in [0.3, 0.4) is 0 Å². The molecule has 7 heteroatoms. The van der Waals surface area contributed by atoms with Crippen molar-refractivity contribution < 1.29 is 0 Å². The summed E-state index contributed by atoms with van der Waals surface area (Å²) in [4.78, 5) is 3.98. The van der Waals surface area contributed by atoms with Gasteiger partial charge in [-0.15, -0.1) is 0 Å². The minimum absolute atomic E-state index is 0.750. The van der Waals surface area contributed by atoms with Crippen LogP contribution in [0.4, 0.5) is 0 Å². The highest BCUT2D eigenvalue weighted by molar-refractivity contribution is 5.85. The molecule has 1 aromatic carbocycles. The van der Waals surface area contributed by atoms with Gasteiger partial charge in [-0.2, -0.15) is 15.3 Å². The highest BCUT2D eigenvalue weighted by Gasteiger charge is 2.17. The lowest BCUT2D eigenvalue weighted by Gasteiger charge is -2.07. The van der Waals surface area contributed by atoms with E-state index in [1.165, 1.54) is 6.33 Å². The van der Waals surface area contributed by atoms with Gasteiger partial charge in [0.15, 0.2) is 5.82 Å². The summed E-state index contributed by atoms with van der Waals surface area (Å²) in [7, 11) is 0. The first-order valence-corrected chi connectivity index (χ1v) is 6.04. The van der Waals surface area contributed by atoms with Crippen molar-refractivity contribution in [2.24, 2.45) is 10.9 Å². The molecule has 0 bridgehead atoms. The molecule has 2 N–H and O–H groups in total. The van der Waals surface area contributed by atoms with E-state index < -0.39 is 0 Å². The van der Waals surface area contributed by atoms with Crippen LogP contribution in [-0.4, -0.2) is 30.8 Å². The molecular formula is C13H13N7. The molecule has 3 aromatic rings. The number of hydrogen-bond acceptors (Lipinski definition) is 5. The molecule has 0 spiro atoms. The summed E-state index contributed by atoms with van der Waals surface area (Å²) >= 11 is 0. The Kier molecular flexibility index (Phi) is 3.00. The minimum Gasteiger partial charge on any atom is -0.323 e. The Labute approximate surface area is 115 Å². The number of nitrogens with zero attached hydrogens (tertiary/aromatic N) is 6. The Morgan fingerprint density at radius 3 is 2.70 bits per heavy atom. The zero-order chi connectivity index (χ0) is 13.9. The molecule has 20 heavy (non-hydrogen) atoms. The largest absolute Gasteiger partial charge is 0.323 e. The lowest BCUT2D eigenvalue weighted by Crippen LogP contribution is -2.08. The van der Waals surface area contributed by atoms with Gasteiger partial charge in [0.25, 0.3) is 0 Å². The van der Waals surface area contributed by atoms with Crippen LogP contribution in [-0.2, 0) is 0 Å². The van der Waals surface area contributed by atoms with Crippen molar-refractivity contribution in [2.75, 3.05) is 0 Å². The fourth-order valence-corrected chi connectivity index (χ4v) is 2.04. The quantitative estimate of drug-likeness (QED) is 0.436. The zero-order valence-electron chi connectivity index (χ0n) is 10.9. The molecule has 2 heterocycles. The number of hydrazone groups is 1. The molecule has 0 aliphatic rings. The zero-order valence-corrected chi connectivity index (χ0v) is 10.9. The summed E-state index contributed by atoms with van der Waals surface area (Å²) in [6.45, 7) is 1.90. The molecular weight excluding hydrogens is 254 g/mol. The average Bonchev–Trinajstić information content (AvgIpc) is 3.09. The monoisotopic (exact) mass is 267 g/mol. The number of para-hydroxylation sites is 1. The number of rotatable bonds is 3. The summed E-state index contributed by atoms with van der Waals surface area (Å²) in [5.74, 6) is 6.04. The van der Waals surface area contributed by atoms with Crippen molar-refractivity contribution >= 4 is 6.21 Å². The summed E-state index contributed by atoms with van der Waals surface area (Å²) in [5, 5.41) is 12.3. The smallest absolute Gasteiger partial charge is 0.168 e. The lowest BCUT2D eigenvalue weighted by molar-refractivity contribution is 0.760. The van der Waals surface area contributed by atoms with Crippen molar-refractivity contribution in [3.05, 3.63) is 54.2 Å². The number of aryl methyl sites for hydroxylation is 1. The van der Waals surface area contributed by atoms with Gasteiger partial charge >= 0.3 is 0 Å². The number of benzene rings is 1. The van der Waals surface area contributed by atoms with E-state index in [-0.39, 0.29) is 0 Å². The third kappa shape index (κ3) is 1.95. The fourth-order valence-electron chi connectivity index (χ4n) is 2.04. The van der Waals surface area contributed by atoms with Crippen LogP contribution < -0.4 is 5.84 Å². The molecule has 0 fully saturated rings. The second kappa shape index (κ2) is 4.96. The molecule has 0 radical (unpaired) electrons. The molecule has 0 aliphatic heterocycles. The predicted molar refractivity (Wildman–Crippen MR) is 75.0 cm³/mol. The molecule has 0 amide bonds. The third-order valence-corrected chi connectivity index (χ3v) is 2.92. The number of hydrogen-bond donors (Lipinski definition) is 1. The van der Waals surface area contributed by atoms with Crippen LogP contribution in [0.1, 0.15) is 11.3 Å². The molecule has 0 saturated heterocycles. The first-order chi connectivity index (χ1) is 9.81. The van der Waals surface area contributed by atoms with Crippen molar-refractivity contribution in [3.63, 3.8) is 0 Å². The van der Waals surface area contributed by atoms with Crippen LogP contribution in [0, 0.1) is 6.92 Å². The van der Waals surface area contributed by atoms with Crippen LogP contribution in [0.5, 0.6) is 0 Å². The molecule has 100 valence electrons. The summed E-state index contributed by atoms with van der Waals surface area (Å²) < 4.78 is 3.44. The van der Waals surface area contributed by atoms with E-state index >= 15 is 0 Å². The highest BCUT2D eigenvalue weighted by atomic mass is 15.4. The molecule has 0 unspecified atom stereocenters. The van der Waals surface area contributed by atoms with E-state index in [4.69, 9.17) is 5.84 Å². The van der Waals surface area contributed by atoms with Gasteiger partial charge in [0.1, 0.15) is 12.7 Å². The summed E-state index contributed by atoms with van der Waals surface area (Å²) in [6, 6.07) is 9.80. The maximum Gasteiger partial charge on any atom is 0.168 e. The van der Waals surface area contributed by atoms with Crippen LogP contribution in [0.25, 0.3) is 11.5 Å². The Morgan fingerprint density at radius 1 is 1.25 bits per heavy atom. The second-order valence-corrected chi connectivity index (χ2v) is 4.19. The maximum atomic E-state index is 5.29. The molecule has 7 nitrogen and oxygen atoms in total. The number of aromatic nitrogens is 5. The molecule has 0 aliphatic carbocycles. The van der Waals surface area contributed by atoms with Crippen LogP contribution in [0.15, 0.2) is 48.1 Å². The SMILES string of the molecule is Cc1nn(-c2ccccc2)c(-n2cncn2)c1C=NN. The summed E-state index contributed by atoms with van der Waals surface area (Å²) in [6.07, 6.45) is 4.66. The average molecular weight is 267 g/mol. The molecule has 2 aromatic heterocycles. The van der Waals surface area contributed by atoms with Gasteiger partial charge in [-0.1, -0.05) is 18.2 Å². The molecule has 3 rings (SSSR count). The van der Waals surface area contributed by atoms with Crippen molar-refractivity contribution in [3.8, 4) is 11.5 Å². The Bertz CT molecular complexity index is 726.